The van der Waals surface area contributed by atoms with E-state index in [-0.39, 0.29) is 0 Å². The summed E-state index contributed by atoms with van der Waals surface area (Å²) in [4.78, 5) is 6.92. The van der Waals surface area contributed by atoms with E-state index in [2.05, 4.69) is 27.5 Å². The van der Waals surface area contributed by atoms with Gasteiger partial charge in [-0.25, -0.2) is 9.50 Å². The van der Waals surface area contributed by atoms with Gasteiger partial charge >= 0.3 is 0 Å². The number of morpholine rings is 1. The average Bonchev–Trinajstić information content (AvgIpc) is 3.51. The fraction of sp³-hybridized carbons (Fsp3) is 0.269. The van der Waals surface area contributed by atoms with Crippen molar-refractivity contribution in [3.05, 3.63) is 67.0 Å². The van der Waals surface area contributed by atoms with Crippen LogP contribution in [0.4, 0.5) is 11.6 Å². The molecule has 9 heteroatoms. The van der Waals surface area contributed by atoms with E-state index in [0.29, 0.717) is 5.95 Å². The summed E-state index contributed by atoms with van der Waals surface area (Å²) in [6.45, 7) is 5.43. The summed E-state index contributed by atoms with van der Waals surface area (Å²) in [6, 6.07) is 18.1. The lowest BCUT2D eigenvalue weighted by Gasteiger charge is -2.26. The molecule has 0 unspecified atom stereocenters. The first-order chi connectivity index (χ1) is 17.3. The zero-order valence-electron chi connectivity index (χ0n) is 19.6. The summed E-state index contributed by atoms with van der Waals surface area (Å²) in [5.41, 5.74) is 4.72. The predicted octanol–water partition coefficient (Wildman–Crippen LogP) is 3.83. The van der Waals surface area contributed by atoms with E-state index in [1.807, 2.05) is 63.9 Å². The number of fused-ring (bicyclic) bond motifs is 2. The number of benzene rings is 2. The van der Waals surface area contributed by atoms with Crippen LogP contribution in [0.25, 0.3) is 27.7 Å². The van der Waals surface area contributed by atoms with E-state index >= 15 is 0 Å². The molecule has 178 valence electrons. The molecule has 6 rings (SSSR count). The molecule has 0 aliphatic carbocycles. The molecule has 1 aliphatic heterocycles. The van der Waals surface area contributed by atoms with Crippen molar-refractivity contribution in [2.45, 2.75) is 6.54 Å². The van der Waals surface area contributed by atoms with E-state index < -0.39 is 0 Å². The second kappa shape index (κ2) is 9.36. The van der Waals surface area contributed by atoms with Crippen molar-refractivity contribution in [3.63, 3.8) is 0 Å². The Balaban J connectivity index is 1.23. The maximum atomic E-state index is 5.55. The third-order valence-electron chi connectivity index (χ3n) is 6.34. The van der Waals surface area contributed by atoms with Crippen molar-refractivity contribution >= 4 is 28.1 Å². The van der Waals surface area contributed by atoms with Gasteiger partial charge in [0.25, 0.3) is 0 Å². The minimum atomic E-state index is 0.518. The number of rotatable bonds is 7. The molecule has 1 N–H and O–H groups in total. The number of methoxy groups -OCH3 is 1. The number of anilines is 2. The maximum absolute atomic E-state index is 5.55. The van der Waals surface area contributed by atoms with Crippen LogP contribution in [0.5, 0.6) is 5.75 Å². The van der Waals surface area contributed by atoms with Gasteiger partial charge in [-0.1, -0.05) is 12.1 Å². The monoisotopic (exact) mass is 469 g/mol. The number of nitrogens with one attached hydrogen (secondary N) is 1. The summed E-state index contributed by atoms with van der Waals surface area (Å²) in [7, 11) is 1.68. The highest BCUT2D eigenvalue weighted by molar-refractivity contribution is 5.82. The van der Waals surface area contributed by atoms with Gasteiger partial charge in [-0.2, -0.15) is 5.10 Å². The topological polar surface area (TPSA) is 81.7 Å². The Hall–Kier alpha value is -3.95. The van der Waals surface area contributed by atoms with Crippen LogP contribution in [0.2, 0.25) is 0 Å². The zero-order chi connectivity index (χ0) is 23.6. The van der Waals surface area contributed by atoms with Gasteiger partial charge in [0, 0.05) is 42.5 Å². The molecule has 1 fully saturated rings. The largest absolute Gasteiger partial charge is 0.496 e. The van der Waals surface area contributed by atoms with Crippen molar-refractivity contribution in [2.24, 2.45) is 0 Å². The highest BCUT2D eigenvalue weighted by Crippen LogP contribution is 2.30. The lowest BCUT2D eigenvalue weighted by molar-refractivity contribution is 0.0360. The number of para-hydroxylation sites is 1. The molecule has 0 radical (unpaired) electrons. The number of nitrogens with zero attached hydrogens (tertiary/aromatic N) is 6. The van der Waals surface area contributed by atoms with Crippen molar-refractivity contribution < 1.29 is 9.47 Å². The molecule has 9 nitrogen and oxygen atoms in total. The van der Waals surface area contributed by atoms with Crippen LogP contribution in [0, 0.1) is 0 Å². The summed E-state index contributed by atoms with van der Waals surface area (Å²) >= 11 is 0. The van der Waals surface area contributed by atoms with Crippen LogP contribution in [-0.2, 0) is 11.3 Å². The van der Waals surface area contributed by atoms with Crippen LogP contribution in [0.1, 0.15) is 0 Å². The normalized spacial score (nSPS) is 14.5. The Labute approximate surface area is 202 Å². The lowest BCUT2D eigenvalue weighted by atomic mass is 10.1. The Morgan fingerprint density at radius 1 is 1.00 bits per heavy atom. The standard InChI is InChI=1S/C26H27N7O2/c1-34-25-5-3-2-4-22(25)24-9-7-21-17-27-26(30-33(21)24)28-20-6-8-23-19(16-20)18-32(29-23)11-10-31-12-14-35-15-13-31/h2-9,16-18H,10-15H2,1H3,(H,28,30). The quantitative estimate of drug-likeness (QED) is 0.388. The molecule has 1 saturated heterocycles. The molecule has 0 spiro atoms. The Kier molecular flexibility index (Phi) is 5.77. The minimum Gasteiger partial charge on any atom is -0.496 e. The van der Waals surface area contributed by atoms with Crippen molar-refractivity contribution in [3.8, 4) is 17.0 Å². The minimum absolute atomic E-state index is 0.518. The van der Waals surface area contributed by atoms with Gasteiger partial charge < -0.3 is 14.8 Å². The van der Waals surface area contributed by atoms with E-state index in [0.717, 1.165) is 78.5 Å². The van der Waals surface area contributed by atoms with Crippen LogP contribution in [0.3, 0.4) is 0 Å². The molecule has 0 amide bonds. The number of hydrogen-bond donors (Lipinski definition) is 1. The second-order valence-corrected chi connectivity index (χ2v) is 8.58. The lowest BCUT2D eigenvalue weighted by Crippen LogP contribution is -2.38. The van der Waals surface area contributed by atoms with Gasteiger partial charge in [0.15, 0.2) is 0 Å². The predicted molar refractivity (Wildman–Crippen MR) is 135 cm³/mol. The van der Waals surface area contributed by atoms with E-state index in [4.69, 9.17) is 19.7 Å². The Morgan fingerprint density at radius 3 is 2.77 bits per heavy atom. The highest BCUT2D eigenvalue weighted by atomic mass is 16.5. The second-order valence-electron chi connectivity index (χ2n) is 8.58. The van der Waals surface area contributed by atoms with Gasteiger partial charge in [-0.3, -0.25) is 9.58 Å². The fourth-order valence-corrected chi connectivity index (χ4v) is 4.49. The first kappa shape index (κ1) is 21.6. The van der Waals surface area contributed by atoms with Crippen molar-refractivity contribution in [1.29, 1.82) is 0 Å². The summed E-state index contributed by atoms with van der Waals surface area (Å²) < 4.78 is 14.9. The van der Waals surface area contributed by atoms with Crippen molar-refractivity contribution in [2.75, 3.05) is 45.3 Å². The maximum Gasteiger partial charge on any atom is 0.245 e. The molecule has 5 aromatic rings. The van der Waals surface area contributed by atoms with Gasteiger partial charge in [-0.05, 0) is 42.5 Å². The zero-order valence-corrected chi connectivity index (χ0v) is 19.6. The number of aromatic nitrogens is 5. The van der Waals surface area contributed by atoms with E-state index in [1.54, 1.807) is 7.11 Å². The Bertz CT molecular complexity index is 1470. The van der Waals surface area contributed by atoms with Gasteiger partial charge in [-0.15, -0.1) is 5.10 Å². The summed E-state index contributed by atoms with van der Waals surface area (Å²) in [5, 5.41) is 13.9. The van der Waals surface area contributed by atoms with Gasteiger partial charge in [0.1, 0.15) is 5.75 Å². The SMILES string of the molecule is COc1ccccc1-c1ccc2cnc(Nc3ccc4nn(CCN5CCOCC5)cc4c3)nn12. The van der Waals surface area contributed by atoms with E-state index in [9.17, 15) is 0 Å². The fourth-order valence-electron chi connectivity index (χ4n) is 4.49. The molecule has 0 saturated carbocycles. The molecule has 35 heavy (non-hydrogen) atoms. The molecular weight excluding hydrogens is 442 g/mol. The summed E-state index contributed by atoms with van der Waals surface area (Å²) in [6.07, 6.45) is 3.91. The molecule has 0 atom stereocenters. The first-order valence-electron chi connectivity index (χ1n) is 11.8. The molecule has 4 heterocycles. The molecule has 1 aliphatic rings. The third kappa shape index (κ3) is 4.43. The van der Waals surface area contributed by atoms with Crippen LogP contribution < -0.4 is 10.1 Å². The molecule has 3 aromatic heterocycles. The highest BCUT2D eigenvalue weighted by Gasteiger charge is 2.13. The number of ether oxygens (including phenoxy) is 2. The molecule has 0 bridgehead atoms. The average molecular weight is 470 g/mol. The van der Waals surface area contributed by atoms with Crippen LogP contribution in [0.15, 0.2) is 67.0 Å². The van der Waals surface area contributed by atoms with Crippen LogP contribution in [-0.4, -0.2) is 69.2 Å². The molecular formula is C26H27N7O2. The molecule has 2 aromatic carbocycles. The van der Waals surface area contributed by atoms with Gasteiger partial charge in [0.05, 0.1) is 49.8 Å². The summed E-state index contributed by atoms with van der Waals surface area (Å²) in [5.74, 6) is 1.32. The Morgan fingerprint density at radius 2 is 1.89 bits per heavy atom. The van der Waals surface area contributed by atoms with Gasteiger partial charge in [0.2, 0.25) is 5.95 Å². The first-order valence-corrected chi connectivity index (χ1v) is 11.8. The third-order valence-corrected chi connectivity index (χ3v) is 6.34. The van der Waals surface area contributed by atoms with Crippen molar-refractivity contribution in [1.82, 2.24) is 29.3 Å². The number of hydrogen-bond acceptors (Lipinski definition) is 7. The van der Waals surface area contributed by atoms with E-state index in [1.165, 1.54) is 0 Å². The smallest absolute Gasteiger partial charge is 0.245 e. The van der Waals surface area contributed by atoms with Crippen LogP contribution >= 0.6 is 0 Å².